The van der Waals surface area contributed by atoms with Gasteiger partial charge >= 0.3 is 0 Å². The lowest BCUT2D eigenvalue weighted by Crippen LogP contribution is -2.03. The standard InChI is InChI=1S/C11H11NOS2/c1-7-6-15-11(12-7)5-10(13)9-3-4-14-8(9)2/h3-4,6H,5H2,1-2H3. The zero-order chi connectivity index (χ0) is 10.8. The van der Waals surface area contributed by atoms with Crippen molar-refractivity contribution in [2.24, 2.45) is 0 Å². The first-order valence-corrected chi connectivity index (χ1v) is 6.41. The van der Waals surface area contributed by atoms with E-state index in [1.54, 1.807) is 22.7 Å². The highest BCUT2D eigenvalue weighted by Gasteiger charge is 2.12. The Labute approximate surface area is 96.6 Å². The number of thiophene rings is 1. The second-order valence-electron chi connectivity index (χ2n) is 3.37. The number of rotatable bonds is 3. The molecule has 0 aliphatic carbocycles. The molecule has 0 aliphatic rings. The van der Waals surface area contributed by atoms with E-state index in [4.69, 9.17) is 0 Å². The number of aromatic nitrogens is 1. The SMILES string of the molecule is Cc1csc(CC(=O)c2ccsc2C)n1. The second kappa shape index (κ2) is 4.24. The third-order valence-corrected chi connectivity index (χ3v) is 3.95. The molecule has 0 bridgehead atoms. The molecule has 0 atom stereocenters. The third-order valence-electron chi connectivity index (χ3n) is 2.14. The molecule has 2 aromatic heterocycles. The molecule has 4 heteroatoms. The van der Waals surface area contributed by atoms with Gasteiger partial charge in [0.05, 0.1) is 6.42 Å². The van der Waals surface area contributed by atoms with Gasteiger partial charge in [-0.15, -0.1) is 22.7 Å². The second-order valence-corrected chi connectivity index (χ2v) is 5.44. The van der Waals surface area contributed by atoms with Crippen LogP contribution >= 0.6 is 22.7 Å². The number of nitrogens with zero attached hydrogens (tertiary/aromatic N) is 1. The van der Waals surface area contributed by atoms with Crippen LogP contribution in [0.3, 0.4) is 0 Å². The first kappa shape index (κ1) is 10.5. The average molecular weight is 237 g/mol. The van der Waals surface area contributed by atoms with Gasteiger partial charge in [0.2, 0.25) is 0 Å². The highest BCUT2D eigenvalue weighted by Crippen LogP contribution is 2.18. The number of Topliss-reactive ketones (excluding diaryl/α,β-unsaturated/α-hetero) is 1. The molecular formula is C11H11NOS2. The molecule has 2 nitrogen and oxygen atoms in total. The summed E-state index contributed by atoms with van der Waals surface area (Å²) < 4.78 is 0. The number of thiazole rings is 1. The largest absolute Gasteiger partial charge is 0.294 e. The molecule has 0 amide bonds. The minimum Gasteiger partial charge on any atom is -0.294 e. The van der Waals surface area contributed by atoms with Crippen LogP contribution in [0.15, 0.2) is 16.8 Å². The van der Waals surface area contributed by atoms with Gasteiger partial charge < -0.3 is 0 Å². The van der Waals surface area contributed by atoms with E-state index in [0.717, 1.165) is 21.1 Å². The van der Waals surface area contributed by atoms with Crippen LogP contribution in [0.1, 0.15) is 25.9 Å². The zero-order valence-electron chi connectivity index (χ0n) is 8.61. The van der Waals surface area contributed by atoms with Gasteiger partial charge in [-0.1, -0.05) is 0 Å². The molecule has 0 saturated heterocycles. The van der Waals surface area contributed by atoms with Crippen LogP contribution in [0.2, 0.25) is 0 Å². The number of hydrogen-bond donors (Lipinski definition) is 0. The van der Waals surface area contributed by atoms with E-state index in [-0.39, 0.29) is 5.78 Å². The van der Waals surface area contributed by atoms with Crippen molar-refractivity contribution in [2.75, 3.05) is 0 Å². The molecule has 0 unspecified atom stereocenters. The predicted octanol–water partition coefficient (Wildman–Crippen LogP) is 3.25. The highest BCUT2D eigenvalue weighted by atomic mass is 32.1. The van der Waals surface area contributed by atoms with Crippen molar-refractivity contribution in [3.63, 3.8) is 0 Å². The maximum absolute atomic E-state index is 11.9. The number of carbonyl (C=O) groups excluding carboxylic acids is 1. The van der Waals surface area contributed by atoms with Gasteiger partial charge in [0, 0.05) is 21.5 Å². The molecular weight excluding hydrogens is 226 g/mol. The van der Waals surface area contributed by atoms with Gasteiger partial charge in [0.25, 0.3) is 0 Å². The van der Waals surface area contributed by atoms with Crippen LogP contribution in [-0.4, -0.2) is 10.8 Å². The molecule has 0 fully saturated rings. The highest BCUT2D eigenvalue weighted by molar-refractivity contribution is 7.10. The fourth-order valence-corrected chi connectivity index (χ4v) is 2.88. The normalized spacial score (nSPS) is 10.5. The lowest BCUT2D eigenvalue weighted by atomic mass is 10.1. The Bertz CT molecular complexity index is 484. The molecule has 0 N–H and O–H groups in total. The molecule has 0 aromatic carbocycles. The van der Waals surface area contributed by atoms with E-state index in [1.807, 2.05) is 30.7 Å². The number of aryl methyl sites for hydroxylation is 2. The minimum atomic E-state index is 0.170. The van der Waals surface area contributed by atoms with Crippen LogP contribution in [0, 0.1) is 13.8 Å². The van der Waals surface area contributed by atoms with E-state index >= 15 is 0 Å². The van der Waals surface area contributed by atoms with Gasteiger partial charge in [0.1, 0.15) is 5.01 Å². The fourth-order valence-electron chi connectivity index (χ4n) is 1.39. The summed E-state index contributed by atoms with van der Waals surface area (Å²) in [6, 6.07) is 1.89. The molecule has 0 aliphatic heterocycles. The van der Waals surface area contributed by atoms with Gasteiger partial charge in [-0.3, -0.25) is 4.79 Å². The van der Waals surface area contributed by atoms with Crippen molar-refractivity contribution in [1.29, 1.82) is 0 Å². The summed E-state index contributed by atoms with van der Waals surface area (Å²) in [5, 5.41) is 4.83. The van der Waals surface area contributed by atoms with Crippen molar-refractivity contribution in [3.05, 3.63) is 38.0 Å². The van der Waals surface area contributed by atoms with Gasteiger partial charge in [-0.25, -0.2) is 4.98 Å². The summed E-state index contributed by atoms with van der Waals surface area (Å²) in [4.78, 5) is 17.3. The van der Waals surface area contributed by atoms with Crippen LogP contribution in [0.5, 0.6) is 0 Å². The van der Waals surface area contributed by atoms with E-state index in [2.05, 4.69) is 4.98 Å². The Balaban J connectivity index is 2.14. The van der Waals surface area contributed by atoms with Crippen molar-refractivity contribution in [1.82, 2.24) is 4.98 Å². The smallest absolute Gasteiger partial charge is 0.170 e. The summed E-state index contributed by atoms with van der Waals surface area (Å²) in [5.41, 5.74) is 1.83. The lowest BCUT2D eigenvalue weighted by molar-refractivity contribution is 0.0993. The van der Waals surface area contributed by atoms with Gasteiger partial charge in [-0.2, -0.15) is 0 Å². The van der Waals surface area contributed by atoms with E-state index in [9.17, 15) is 4.79 Å². The molecule has 0 spiro atoms. The predicted molar refractivity (Wildman–Crippen MR) is 63.9 cm³/mol. The molecule has 15 heavy (non-hydrogen) atoms. The van der Waals surface area contributed by atoms with E-state index in [1.165, 1.54) is 0 Å². The van der Waals surface area contributed by atoms with Crippen molar-refractivity contribution in [3.8, 4) is 0 Å². The molecule has 0 radical (unpaired) electrons. The third kappa shape index (κ3) is 2.33. The Morgan fingerprint density at radius 1 is 1.40 bits per heavy atom. The lowest BCUT2D eigenvalue weighted by Gasteiger charge is -1.96. The summed E-state index contributed by atoms with van der Waals surface area (Å²) in [6.07, 6.45) is 0.427. The summed E-state index contributed by atoms with van der Waals surface area (Å²) in [6.45, 7) is 3.92. The molecule has 2 heterocycles. The number of carbonyl (C=O) groups is 1. The van der Waals surface area contributed by atoms with Crippen LogP contribution in [0.25, 0.3) is 0 Å². The van der Waals surface area contributed by atoms with E-state index < -0.39 is 0 Å². The van der Waals surface area contributed by atoms with Gasteiger partial charge in [-0.05, 0) is 25.3 Å². The van der Waals surface area contributed by atoms with Gasteiger partial charge in [0.15, 0.2) is 5.78 Å². The Kier molecular flexibility index (Phi) is 2.98. The maximum atomic E-state index is 11.9. The van der Waals surface area contributed by atoms with Crippen molar-refractivity contribution < 1.29 is 4.79 Å². The Hall–Kier alpha value is -1.00. The number of ketones is 1. The summed E-state index contributed by atoms with van der Waals surface area (Å²) >= 11 is 3.16. The average Bonchev–Trinajstić information content (AvgIpc) is 2.75. The topological polar surface area (TPSA) is 30.0 Å². The molecule has 2 rings (SSSR count). The van der Waals surface area contributed by atoms with Crippen LogP contribution in [0.4, 0.5) is 0 Å². The summed E-state index contributed by atoms with van der Waals surface area (Å²) in [7, 11) is 0. The van der Waals surface area contributed by atoms with E-state index in [0.29, 0.717) is 6.42 Å². The summed E-state index contributed by atoms with van der Waals surface area (Å²) in [5.74, 6) is 0.170. The number of hydrogen-bond acceptors (Lipinski definition) is 4. The fraction of sp³-hybridized carbons (Fsp3) is 0.273. The molecule has 0 saturated carbocycles. The van der Waals surface area contributed by atoms with Crippen LogP contribution in [-0.2, 0) is 6.42 Å². The van der Waals surface area contributed by atoms with Crippen LogP contribution < -0.4 is 0 Å². The Morgan fingerprint density at radius 3 is 2.73 bits per heavy atom. The quantitative estimate of drug-likeness (QED) is 0.767. The first-order valence-electron chi connectivity index (χ1n) is 4.65. The minimum absolute atomic E-state index is 0.170. The monoisotopic (exact) mass is 237 g/mol. The zero-order valence-corrected chi connectivity index (χ0v) is 10.2. The van der Waals surface area contributed by atoms with Crippen molar-refractivity contribution >= 4 is 28.5 Å². The first-order chi connectivity index (χ1) is 7.16. The molecule has 78 valence electrons. The maximum Gasteiger partial charge on any atom is 0.170 e. The molecule has 2 aromatic rings. The Morgan fingerprint density at radius 2 is 2.20 bits per heavy atom. The van der Waals surface area contributed by atoms with Crippen molar-refractivity contribution in [2.45, 2.75) is 20.3 Å².